The van der Waals surface area contributed by atoms with E-state index in [1.54, 1.807) is 6.92 Å². The molecule has 1 atom stereocenters. The zero-order valence-electron chi connectivity index (χ0n) is 11.8. The highest BCUT2D eigenvalue weighted by molar-refractivity contribution is 6.31. The van der Waals surface area contributed by atoms with E-state index < -0.39 is 11.9 Å². The molecule has 0 saturated carbocycles. The summed E-state index contributed by atoms with van der Waals surface area (Å²) in [6.07, 6.45) is 0. The Morgan fingerprint density at radius 2 is 2.23 bits per heavy atom. The van der Waals surface area contributed by atoms with Gasteiger partial charge in [-0.25, -0.2) is 4.39 Å². The highest BCUT2D eigenvalue weighted by Gasteiger charge is 2.33. The van der Waals surface area contributed by atoms with Crippen LogP contribution in [-0.4, -0.2) is 40.8 Å². The van der Waals surface area contributed by atoms with Crippen LogP contribution in [0.25, 0.3) is 0 Å². The normalized spacial score (nSPS) is 18.5. The minimum atomic E-state index is -0.561. The van der Waals surface area contributed by atoms with Crippen LogP contribution in [0.5, 0.6) is 0 Å². The van der Waals surface area contributed by atoms with Gasteiger partial charge in [-0.3, -0.25) is 4.79 Å². The lowest BCUT2D eigenvalue weighted by molar-refractivity contribution is -0.0106. The molecule has 1 aliphatic rings. The molecule has 1 aromatic heterocycles. The SMILES string of the molecule is Cc1nnc(C2COCCN2C(=O)c2cc(F)cc(Cl)c2)o1. The number of halogens is 2. The van der Waals surface area contributed by atoms with Crippen molar-refractivity contribution in [3.05, 3.63) is 46.4 Å². The van der Waals surface area contributed by atoms with Crippen LogP contribution in [0.1, 0.15) is 28.2 Å². The van der Waals surface area contributed by atoms with E-state index in [1.807, 2.05) is 0 Å². The van der Waals surface area contributed by atoms with Gasteiger partial charge in [0.25, 0.3) is 5.91 Å². The number of carbonyl (C=O) groups is 1. The number of amides is 1. The number of hydrogen-bond acceptors (Lipinski definition) is 5. The van der Waals surface area contributed by atoms with Gasteiger partial charge >= 0.3 is 0 Å². The molecule has 1 fully saturated rings. The Labute approximate surface area is 130 Å². The van der Waals surface area contributed by atoms with E-state index in [0.29, 0.717) is 24.9 Å². The Kier molecular flexibility index (Phi) is 4.08. The summed E-state index contributed by atoms with van der Waals surface area (Å²) in [4.78, 5) is 14.2. The fourth-order valence-electron chi connectivity index (χ4n) is 2.34. The number of aromatic nitrogens is 2. The third kappa shape index (κ3) is 2.95. The summed E-state index contributed by atoms with van der Waals surface area (Å²) >= 11 is 5.81. The first-order valence-corrected chi connectivity index (χ1v) is 7.07. The number of aryl methyl sites for hydroxylation is 1. The van der Waals surface area contributed by atoms with Crippen molar-refractivity contribution in [2.75, 3.05) is 19.8 Å². The van der Waals surface area contributed by atoms with Gasteiger partial charge in [-0.2, -0.15) is 0 Å². The Bertz CT molecular complexity index is 686. The molecule has 2 heterocycles. The standard InChI is InChI=1S/C14H13ClFN3O3/c1-8-17-18-13(22-8)12-7-21-3-2-19(12)14(20)9-4-10(15)6-11(16)5-9/h4-6,12H,2-3,7H2,1H3. The van der Waals surface area contributed by atoms with Crippen molar-refractivity contribution >= 4 is 17.5 Å². The quantitative estimate of drug-likeness (QED) is 0.848. The number of rotatable bonds is 2. The largest absolute Gasteiger partial charge is 0.423 e. The third-order valence-electron chi connectivity index (χ3n) is 3.33. The average Bonchev–Trinajstić information content (AvgIpc) is 2.92. The van der Waals surface area contributed by atoms with Crippen LogP contribution in [0.3, 0.4) is 0 Å². The lowest BCUT2D eigenvalue weighted by atomic mass is 10.1. The topological polar surface area (TPSA) is 68.5 Å². The zero-order valence-corrected chi connectivity index (χ0v) is 12.5. The van der Waals surface area contributed by atoms with Gasteiger partial charge in [0.05, 0.1) is 13.2 Å². The van der Waals surface area contributed by atoms with Crippen LogP contribution >= 0.6 is 11.6 Å². The van der Waals surface area contributed by atoms with Crippen molar-refractivity contribution in [1.82, 2.24) is 15.1 Å². The summed E-state index contributed by atoms with van der Waals surface area (Å²) in [5, 5.41) is 7.87. The third-order valence-corrected chi connectivity index (χ3v) is 3.54. The fraction of sp³-hybridized carbons (Fsp3) is 0.357. The molecule has 6 nitrogen and oxygen atoms in total. The zero-order chi connectivity index (χ0) is 15.7. The fourth-order valence-corrected chi connectivity index (χ4v) is 2.56. The maximum absolute atomic E-state index is 13.5. The molecule has 3 rings (SSSR count). The average molecular weight is 326 g/mol. The molecule has 22 heavy (non-hydrogen) atoms. The van der Waals surface area contributed by atoms with E-state index in [4.69, 9.17) is 20.8 Å². The smallest absolute Gasteiger partial charge is 0.254 e. The number of morpholine rings is 1. The van der Waals surface area contributed by atoms with E-state index in [1.165, 1.54) is 11.0 Å². The Hall–Kier alpha value is -1.99. The van der Waals surface area contributed by atoms with E-state index in [9.17, 15) is 9.18 Å². The van der Waals surface area contributed by atoms with Crippen LogP contribution in [0.15, 0.2) is 22.6 Å². The number of benzene rings is 1. The molecule has 0 bridgehead atoms. The van der Waals surface area contributed by atoms with E-state index in [2.05, 4.69) is 10.2 Å². The van der Waals surface area contributed by atoms with Gasteiger partial charge < -0.3 is 14.1 Å². The molecular weight excluding hydrogens is 313 g/mol. The van der Waals surface area contributed by atoms with Crippen LogP contribution in [-0.2, 0) is 4.74 Å². The van der Waals surface area contributed by atoms with Gasteiger partial charge in [0.15, 0.2) is 0 Å². The molecule has 2 aromatic rings. The molecular formula is C14H13ClFN3O3. The summed E-state index contributed by atoms with van der Waals surface area (Å²) in [6.45, 7) is 2.65. The molecule has 0 radical (unpaired) electrons. The molecule has 116 valence electrons. The van der Waals surface area contributed by atoms with Gasteiger partial charge in [-0.05, 0) is 18.2 Å². The minimum Gasteiger partial charge on any atom is -0.423 e. The van der Waals surface area contributed by atoms with Gasteiger partial charge in [0.2, 0.25) is 11.8 Å². The molecule has 1 amide bonds. The summed E-state index contributed by atoms with van der Waals surface area (Å²) in [5.41, 5.74) is 0.174. The number of nitrogens with zero attached hydrogens (tertiary/aromatic N) is 3. The van der Waals surface area contributed by atoms with Crippen molar-refractivity contribution in [3.63, 3.8) is 0 Å². The van der Waals surface area contributed by atoms with Crippen LogP contribution in [0, 0.1) is 12.7 Å². The van der Waals surface area contributed by atoms with Gasteiger partial charge in [-0.1, -0.05) is 11.6 Å². The van der Waals surface area contributed by atoms with Crippen LogP contribution < -0.4 is 0 Å². The molecule has 0 aliphatic carbocycles. The first-order valence-electron chi connectivity index (χ1n) is 6.69. The van der Waals surface area contributed by atoms with E-state index >= 15 is 0 Å². The van der Waals surface area contributed by atoms with Crippen molar-refractivity contribution < 1.29 is 18.3 Å². The number of hydrogen-bond donors (Lipinski definition) is 0. The molecule has 8 heteroatoms. The molecule has 1 aliphatic heterocycles. The lowest BCUT2D eigenvalue weighted by Gasteiger charge is -2.33. The second-order valence-corrected chi connectivity index (χ2v) is 5.34. The predicted octanol–water partition coefficient (Wildman–Crippen LogP) is 2.38. The monoisotopic (exact) mass is 325 g/mol. The first-order chi connectivity index (χ1) is 10.5. The van der Waals surface area contributed by atoms with Crippen molar-refractivity contribution in [1.29, 1.82) is 0 Å². The predicted molar refractivity (Wildman–Crippen MR) is 75.0 cm³/mol. The van der Waals surface area contributed by atoms with Crippen molar-refractivity contribution in [3.8, 4) is 0 Å². The molecule has 1 unspecified atom stereocenters. The molecule has 1 aromatic carbocycles. The highest BCUT2D eigenvalue weighted by Crippen LogP contribution is 2.26. The van der Waals surface area contributed by atoms with Gasteiger partial charge in [-0.15, -0.1) is 10.2 Å². The van der Waals surface area contributed by atoms with Gasteiger partial charge in [0, 0.05) is 24.1 Å². The van der Waals surface area contributed by atoms with Crippen molar-refractivity contribution in [2.24, 2.45) is 0 Å². The maximum Gasteiger partial charge on any atom is 0.254 e. The number of ether oxygens (including phenoxy) is 1. The number of carbonyl (C=O) groups excluding carboxylic acids is 1. The Balaban J connectivity index is 1.91. The Morgan fingerprint density at radius 1 is 1.41 bits per heavy atom. The van der Waals surface area contributed by atoms with E-state index in [-0.39, 0.29) is 23.1 Å². The highest BCUT2D eigenvalue weighted by atomic mass is 35.5. The molecule has 0 N–H and O–H groups in total. The molecule has 1 saturated heterocycles. The van der Waals surface area contributed by atoms with Crippen LogP contribution in [0.2, 0.25) is 5.02 Å². The molecule has 0 spiro atoms. The minimum absolute atomic E-state index is 0.168. The Morgan fingerprint density at radius 3 is 2.91 bits per heavy atom. The van der Waals surface area contributed by atoms with Crippen LogP contribution in [0.4, 0.5) is 4.39 Å². The lowest BCUT2D eigenvalue weighted by Crippen LogP contribution is -2.43. The second-order valence-electron chi connectivity index (χ2n) is 4.91. The van der Waals surface area contributed by atoms with Crippen molar-refractivity contribution in [2.45, 2.75) is 13.0 Å². The summed E-state index contributed by atoms with van der Waals surface area (Å²) in [7, 11) is 0. The summed E-state index contributed by atoms with van der Waals surface area (Å²) in [6, 6.07) is 3.24. The second kappa shape index (κ2) is 6.02. The van der Waals surface area contributed by atoms with E-state index in [0.717, 1.165) is 12.1 Å². The summed E-state index contributed by atoms with van der Waals surface area (Å²) in [5.74, 6) is -0.213. The maximum atomic E-state index is 13.5. The first kappa shape index (κ1) is 14.9. The summed E-state index contributed by atoms with van der Waals surface area (Å²) < 4.78 is 24.2. The van der Waals surface area contributed by atoms with Gasteiger partial charge in [0.1, 0.15) is 11.9 Å².